The van der Waals surface area contributed by atoms with Crippen LogP contribution in [0.1, 0.15) is 112 Å². The molecule has 9 atom stereocenters. The first-order valence-corrected chi connectivity index (χ1v) is 15.6. The minimum absolute atomic E-state index is 0.0708. The van der Waals surface area contributed by atoms with Crippen LogP contribution in [0.5, 0.6) is 0 Å². The SMILES string of the molecule is CC(C)CCCC(C)[C@H]1CC[C@H]2[C@@H]3CCC4CC(S(C)(=O)=O)CC[C@]4(C)[C@H]3CC[C@]12C. The molecule has 0 amide bonds. The second kappa shape index (κ2) is 8.62. The molecule has 4 aliphatic rings. The molecule has 0 aromatic carbocycles. The van der Waals surface area contributed by atoms with Crippen LogP contribution in [0.25, 0.3) is 0 Å². The van der Waals surface area contributed by atoms with E-state index in [9.17, 15) is 8.42 Å². The predicted molar refractivity (Wildman–Crippen MR) is 132 cm³/mol. The third-order valence-corrected chi connectivity index (χ3v) is 13.1. The molecule has 0 aromatic heterocycles. The van der Waals surface area contributed by atoms with Gasteiger partial charge in [-0.15, -0.1) is 0 Å². The Morgan fingerprint density at radius 3 is 2.19 bits per heavy atom. The Balaban J connectivity index is 1.46. The molecular formula is C28H50O2S. The maximum Gasteiger partial charge on any atom is 0.150 e. The van der Waals surface area contributed by atoms with Crippen LogP contribution in [0.15, 0.2) is 0 Å². The van der Waals surface area contributed by atoms with Gasteiger partial charge in [0.25, 0.3) is 0 Å². The summed E-state index contributed by atoms with van der Waals surface area (Å²) >= 11 is 0. The minimum atomic E-state index is -2.89. The Morgan fingerprint density at radius 2 is 1.52 bits per heavy atom. The number of hydrogen-bond acceptors (Lipinski definition) is 2. The van der Waals surface area contributed by atoms with E-state index in [1.165, 1.54) is 64.0 Å². The molecule has 4 fully saturated rings. The van der Waals surface area contributed by atoms with Crippen molar-refractivity contribution in [3.8, 4) is 0 Å². The number of rotatable bonds is 6. The van der Waals surface area contributed by atoms with Gasteiger partial charge in [0.05, 0.1) is 5.25 Å². The highest BCUT2D eigenvalue weighted by Gasteiger charge is 2.60. The summed E-state index contributed by atoms with van der Waals surface area (Å²) in [5.41, 5.74) is 0.956. The zero-order chi connectivity index (χ0) is 22.6. The Labute approximate surface area is 193 Å². The maximum absolute atomic E-state index is 12.3. The van der Waals surface area contributed by atoms with E-state index >= 15 is 0 Å². The first-order valence-electron chi connectivity index (χ1n) is 13.7. The lowest BCUT2D eigenvalue weighted by molar-refractivity contribution is -0.113. The van der Waals surface area contributed by atoms with E-state index in [4.69, 9.17) is 0 Å². The molecule has 0 aromatic rings. The van der Waals surface area contributed by atoms with E-state index in [0.717, 1.165) is 54.8 Å². The van der Waals surface area contributed by atoms with Gasteiger partial charge in [0.15, 0.2) is 0 Å². The monoisotopic (exact) mass is 450 g/mol. The summed E-state index contributed by atoms with van der Waals surface area (Å²) in [6.07, 6.45) is 17.1. The summed E-state index contributed by atoms with van der Waals surface area (Å²) in [6, 6.07) is 0. The van der Waals surface area contributed by atoms with Crippen molar-refractivity contribution < 1.29 is 8.42 Å². The zero-order valence-electron chi connectivity index (χ0n) is 21.3. The molecule has 4 rings (SSSR count). The quantitative estimate of drug-likeness (QED) is 0.419. The highest BCUT2D eigenvalue weighted by Crippen LogP contribution is 2.68. The van der Waals surface area contributed by atoms with Crippen molar-refractivity contribution in [2.24, 2.45) is 52.3 Å². The molecule has 3 heteroatoms. The van der Waals surface area contributed by atoms with Crippen LogP contribution in [-0.4, -0.2) is 19.9 Å². The van der Waals surface area contributed by atoms with Crippen LogP contribution in [0, 0.1) is 52.3 Å². The van der Waals surface area contributed by atoms with Crippen LogP contribution < -0.4 is 0 Å². The third kappa shape index (κ3) is 4.28. The first-order chi connectivity index (χ1) is 14.5. The van der Waals surface area contributed by atoms with Gasteiger partial charge in [0.1, 0.15) is 9.84 Å². The average molecular weight is 451 g/mol. The van der Waals surface area contributed by atoms with E-state index in [2.05, 4.69) is 34.6 Å². The smallest absolute Gasteiger partial charge is 0.150 e. The van der Waals surface area contributed by atoms with Gasteiger partial charge in [0, 0.05) is 6.26 Å². The van der Waals surface area contributed by atoms with Crippen molar-refractivity contribution in [2.45, 2.75) is 117 Å². The zero-order valence-corrected chi connectivity index (χ0v) is 22.1. The Hall–Kier alpha value is -0.0500. The third-order valence-electron chi connectivity index (χ3n) is 11.4. The van der Waals surface area contributed by atoms with Crippen LogP contribution in [0.4, 0.5) is 0 Å². The van der Waals surface area contributed by atoms with Crippen molar-refractivity contribution in [3.63, 3.8) is 0 Å². The topological polar surface area (TPSA) is 34.1 Å². The van der Waals surface area contributed by atoms with E-state index < -0.39 is 9.84 Å². The fourth-order valence-corrected chi connectivity index (χ4v) is 10.8. The molecule has 2 nitrogen and oxygen atoms in total. The van der Waals surface area contributed by atoms with Crippen molar-refractivity contribution in [1.82, 2.24) is 0 Å². The molecule has 0 bridgehead atoms. The van der Waals surface area contributed by atoms with Gasteiger partial charge >= 0.3 is 0 Å². The molecule has 0 N–H and O–H groups in total. The highest BCUT2D eigenvalue weighted by molar-refractivity contribution is 7.91. The van der Waals surface area contributed by atoms with Crippen LogP contribution in [-0.2, 0) is 9.84 Å². The van der Waals surface area contributed by atoms with Crippen LogP contribution in [0.2, 0.25) is 0 Å². The van der Waals surface area contributed by atoms with Crippen molar-refractivity contribution in [2.75, 3.05) is 6.26 Å². The number of fused-ring (bicyclic) bond motifs is 5. The Bertz CT molecular complexity index is 742. The number of hydrogen-bond donors (Lipinski definition) is 0. The summed E-state index contributed by atoms with van der Waals surface area (Å²) in [4.78, 5) is 0. The molecule has 3 unspecified atom stereocenters. The number of sulfone groups is 1. The molecule has 0 spiro atoms. The van der Waals surface area contributed by atoms with Crippen molar-refractivity contribution >= 4 is 9.84 Å². The molecule has 0 heterocycles. The minimum Gasteiger partial charge on any atom is -0.229 e. The lowest BCUT2D eigenvalue weighted by atomic mass is 9.44. The Kier molecular flexibility index (Phi) is 6.70. The summed E-state index contributed by atoms with van der Waals surface area (Å²) in [6.45, 7) is 12.5. The molecule has 0 aliphatic heterocycles. The van der Waals surface area contributed by atoms with Gasteiger partial charge in [-0.05, 0) is 110 Å². The lowest BCUT2D eigenvalue weighted by Gasteiger charge is -2.61. The molecular weight excluding hydrogens is 400 g/mol. The average Bonchev–Trinajstić information content (AvgIpc) is 3.03. The van der Waals surface area contributed by atoms with Gasteiger partial charge in [-0.25, -0.2) is 8.42 Å². The largest absolute Gasteiger partial charge is 0.229 e. The highest BCUT2D eigenvalue weighted by atomic mass is 32.2. The lowest BCUT2D eigenvalue weighted by Crippen LogP contribution is -2.54. The predicted octanol–water partition coefficient (Wildman–Crippen LogP) is 7.52. The standard InChI is InChI=1S/C28H50O2S/c1-19(2)8-7-9-20(3)24-12-13-25-23-11-10-21-18-22(31(6,29)30)14-16-27(21,4)26(23)15-17-28(24,25)5/h19-26H,7-18H2,1-6H3/t20?,21?,22?,23-,24+,25-,26-,27-,28+/m0/s1. The molecule has 4 aliphatic carbocycles. The van der Waals surface area contributed by atoms with Gasteiger partial charge in [0.2, 0.25) is 0 Å². The fourth-order valence-electron chi connectivity index (χ4n) is 9.63. The normalized spacial score (nSPS) is 46.3. The van der Waals surface area contributed by atoms with E-state index in [-0.39, 0.29) is 5.25 Å². The second-order valence-corrected chi connectivity index (χ2v) is 15.7. The molecule has 4 saturated carbocycles. The van der Waals surface area contributed by atoms with Crippen molar-refractivity contribution in [1.29, 1.82) is 0 Å². The maximum atomic E-state index is 12.3. The summed E-state index contributed by atoms with van der Waals surface area (Å²) in [5, 5.41) is -0.0708. The van der Waals surface area contributed by atoms with E-state index in [0.29, 0.717) is 16.7 Å². The molecule has 0 radical (unpaired) electrons. The van der Waals surface area contributed by atoms with E-state index in [1.807, 2.05) is 0 Å². The van der Waals surface area contributed by atoms with Gasteiger partial charge in [-0.2, -0.15) is 0 Å². The summed E-state index contributed by atoms with van der Waals surface area (Å²) in [7, 11) is -2.89. The molecule has 31 heavy (non-hydrogen) atoms. The van der Waals surface area contributed by atoms with Crippen LogP contribution in [0.3, 0.4) is 0 Å². The van der Waals surface area contributed by atoms with Crippen LogP contribution >= 0.6 is 0 Å². The Morgan fingerprint density at radius 1 is 0.839 bits per heavy atom. The first kappa shape index (κ1) is 24.1. The van der Waals surface area contributed by atoms with E-state index in [1.54, 1.807) is 0 Å². The van der Waals surface area contributed by atoms with Gasteiger partial charge in [-0.1, -0.05) is 53.9 Å². The summed E-state index contributed by atoms with van der Waals surface area (Å²) < 4.78 is 24.5. The summed E-state index contributed by atoms with van der Waals surface area (Å²) in [5.74, 6) is 5.96. The van der Waals surface area contributed by atoms with Gasteiger partial charge in [-0.3, -0.25) is 0 Å². The fraction of sp³-hybridized carbons (Fsp3) is 1.00. The van der Waals surface area contributed by atoms with Crippen molar-refractivity contribution in [3.05, 3.63) is 0 Å². The second-order valence-electron chi connectivity index (χ2n) is 13.4. The van der Waals surface area contributed by atoms with Gasteiger partial charge < -0.3 is 0 Å². The molecule has 180 valence electrons. The molecule has 0 saturated heterocycles.